The van der Waals surface area contributed by atoms with Crippen molar-refractivity contribution in [2.24, 2.45) is 5.92 Å². The van der Waals surface area contributed by atoms with E-state index in [1.807, 2.05) is 6.07 Å². The van der Waals surface area contributed by atoms with Crippen molar-refractivity contribution in [1.82, 2.24) is 20.0 Å². The minimum Gasteiger partial charge on any atom is -0.381 e. The van der Waals surface area contributed by atoms with E-state index in [4.69, 9.17) is 4.74 Å². The summed E-state index contributed by atoms with van der Waals surface area (Å²) in [5, 5.41) is 3.11. The van der Waals surface area contributed by atoms with Gasteiger partial charge in [0.15, 0.2) is 0 Å². The highest BCUT2D eigenvalue weighted by molar-refractivity contribution is 6.07. The van der Waals surface area contributed by atoms with Crippen LogP contribution in [0.2, 0.25) is 0 Å². The lowest BCUT2D eigenvalue weighted by molar-refractivity contribution is -0.135. The summed E-state index contributed by atoms with van der Waals surface area (Å²) < 4.78 is 5.50. The van der Waals surface area contributed by atoms with Gasteiger partial charge in [0.25, 0.3) is 5.91 Å². The minimum absolute atomic E-state index is 0.0212. The van der Waals surface area contributed by atoms with Crippen molar-refractivity contribution in [3.05, 3.63) is 35.9 Å². The van der Waals surface area contributed by atoms with Crippen LogP contribution >= 0.6 is 0 Å². The molecule has 0 aromatic heterocycles. The Morgan fingerprint density at radius 3 is 2.41 bits per heavy atom. The van der Waals surface area contributed by atoms with Crippen LogP contribution in [0.5, 0.6) is 0 Å². The van der Waals surface area contributed by atoms with Crippen molar-refractivity contribution in [2.75, 3.05) is 52.5 Å². The number of ether oxygens (including phenoxy) is 1. The zero-order valence-electron chi connectivity index (χ0n) is 19.0. The molecule has 0 aliphatic carbocycles. The van der Waals surface area contributed by atoms with Gasteiger partial charge in [0, 0.05) is 51.9 Å². The first-order chi connectivity index (χ1) is 15.6. The summed E-state index contributed by atoms with van der Waals surface area (Å²) in [5.41, 5.74) is 0.662. The number of benzene rings is 1. The molecule has 7 nitrogen and oxygen atoms in total. The molecule has 1 atom stereocenters. The van der Waals surface area contributed by atoms with Crippen molar-refractivity contribution < 1.29 is 14.3 Å². The highest BCUT2D eigenvalue weighted by atomic mass is 16.5. The molecule has 4 fully saturated rings. The maximum absolute atomic E-state index is 13.4. The van der Waals surface area contributed by atoms with Gasteiger partial charge in [-0.3, -0.25) is 9.69 Å². The summed E-state index contributed by atoms with van der Waals surface area (Å²) in [4.78, 5) is 32.8. The van der Waals surface area contributed by atoms with E-state index in [0.717, 1.165) is 78.2 Å². The molecular weight excluding hydrogens is 404 g/mol. The Labute approximate surface area is 191 Å². The highest BCUT2D eigenvalue weighted by Crippen LogP contribution is 2.33. The number of piperidine rings is 2. The van der Waals surface area contributed by atoms with Gasteiger partial charge >= 0.3 is 6.03 Å². The zero-order chi connectivity index (χ0) is 22.0. The van der Waals surface area contributed by atoms with E-state index >= 15 is 0 Å². The fourth-order valence-electron chi connectivity index (χ4n) is 5.85. The summed E-state index contributed by atoms with van der Waals surface area (Å²) in [6, 6.07) is 10.4. The number of carbonyl (C=O) groups excluding carboxylic acids is 2. The Kier molecular flexibility index (Phi) is 6.49. The molecule has 174 valence electrons. The van der Waals surface area contributed by atoms with E-state index in [2.05, 4.69) is 39.4 Å². The lowest BCUT2D eigenvalue weighted by Crippen LogP contribution is -2.55. The predicted octanol–water partition coefficient (Wildman–Crippen LogP) is 2.12. The van der Waals surface area contributed by atoms with Crippen molar-refractivity contribution in [1.29, 1.82) is 0 Å². The molecule has 4 aliphatic heterocycles. The van der Waals surface area contributed by atoms with Gasteiger partial charge in [-0.25, -0.2) is 4.79 Å². The third-order valence-corrected chi connectivity index (χ3v) is 7.92. The van der Waals surface area contributed by atoms with Crippen LogP contribution in [0.3, 0.4) is 0 Å². The van der Waals surface area contributed by atoms with Crippen molar-refractivity contribution >= 4 is 11.9 Å². The van der Waals surface area contributed by atoms with E-state index < -0.39 is 5.54 Å². The molecule has 1 aromatic carbocycles. The van der Waals surface area contributed by atoms with Gasteiger partial charge in [0.2, 0.25) is 0 Å². The predicted molar refractivity (Wildman–Crippen MR) is 122 cm³/mol. The van der Waals surface area contributed by atoms with Gasteiger partial charge in [0.1, 0.15) is 5.54 Å². The number of nitrogens with one attached hydrogen (secondary N) is 1. The Balaban J connectivity index is 1.12. The maximum Gasteiger partial charge on any atom is 0.325 e. The Bertz CT molecular complexity index is 795. The van der Waals surface area contributed by atoms with Crippen LogP contribution in [0.15, 0.2) is 30.3 Å². The van der Waals surface area contributed by atoms with Crippen LogP contribution in [-0.4, -0.2) is 90.7 Å². The van der Waals surface area contributed by atoms with Gasteiger partial charge in [-0.05, 0) is 50.0 Å². The smallest absolute Gasteiger partial charge is 0.325 e. The van der Waals surface area contributed by atoms with Crippen LogP contribution in [-0.2, 0) is 16.0 Å². The zero-order valence-corrected chi connectivity index (χ0v) is 19.0. The van der Waals surface area contributed by atoms with E-state index in [-0.39, 0.29) is 18.0 Å². The van der Waals surface area contributed by atoms with E-state index in [1.165, 1.54) is 5.56 Å². The second-order valence-corrected chi connectivity index (χ2v) is 10.0. The van der Waals surface area contributed by atoms with Crippen LogP contribution in [0, 0.1) is 5.92 Å². The molecule has 0 saturated carbocycles. The Hall–Kier alpha value is -1.96. The molecule has 4 saturated heterocycles. The first-order valence-electron chi connectivity index (χ1n) is 12.4. The fraction of sp³-hybridized carbons (Fsp3) is 0.680. The lowest BCUT2D eigenvalue weighted by atomic mass is 9.86. The molecule has 4 aliphatic rings. The topological polar surface area (TPSA) is 65.1 Å². The number of urea groups is 1. The van der Waals surface area contributed by atoms with Crippen LogP contribution in [0.25, 0.3) is 0 Å². The molecule has 5 rings (SSSR count). The molecule has 3 amide bonds. The van der Waals surface area contributed by atoms with Gasteiger partial charge in [-0.15, -0.1) is 0 Å². The van der Waals surface area contributed by atoms with Crippen LogP contribution in [0.4, 0.5) is 4.79 Å². The number of carbonyl (C=O) groups is 2. The second kappa shape index (κ2) is 9.49. The van der Waals surface area contributed by atoms with Gasteiger partial charge in [-0.2, -0.15) is 0 Å². The van der Waals surface area contributed by atoms with Crippen molar-refractivity contribution in [3.8, 4) is 0 Å². The normalized spacial score (nSPS) is 27.4. The number of imide groups is 1. The maximum atomic E-state index is 13.4. The van der Waals surface area contributed by atoms with E-state index in [9.17, 15) is 9.59 Å². The largest absolute Gasteiger partial charge is 0.381 e. The molecule has 0 radical (unpaired) electrons. The molecule has 32 heavy (non-hydrogen) atoms. The first kappa shape index (κ1) is 21.9. The van der Waals surface area contributed by atoms with Gasteiger partial charge in [-0.1, -0.05) is 30.3 Å². The van der Waals surface area contributed by atoms with E-state index in [0.29, 0.717) is 18.8 Å². The molecule has 0 bridgehead atoms. The number of hydrogen-bond donors (Lipinski definition) is 1. The second-order valence-electron chi connectivity index (χ2n) is 10.0. The third-order valence-electron chi connectivity index (χ3n) is 7.92. The van der Waals surface area contributed by atoms with Crippen molar-refractivity contribution in [2.45, 2.75) is 50.1 Å². The lowest BCUT2D eigenvalue weighted by Gasteiger charge is -2.39. The van der Waals surface area contributed by atoms with E-state index in [1.54, 1.807) is 4.90 Å². The standard InChI is InChI=1S/C25H36N4O3/c30-23-25(10-15-27(16-11-25)12-6-20-4-2-1-3-5-20)26-24(31)29(23)22-7-13-28(14-8-22)18-21-9-17-32-19-21/h1-5,21-22H,6-19H2,(H,26,31)/t21-/m1/s1. The molecule has 1 spiro atoms. The Morgan fingerprint density at radius 2 is 1.72 bits per heavy atom. The van der Waals surface area contributed by atoms with Crippen LogP contribution < -0.4 is 5.32 Å². The summed E-state index contributed by atoms with van der Waals surface area (Å²) in [6.07, 6.45) is 5.36. The SMILES string of the molecule is O=C1NC2(CCN(CCc3ccccc3)CC2)C(=O)N1C1CCN(C[C@H]2CCOC2)CC1. The number of hydrogen-bond acceptors (Lipinski definition) is 5. The summed E-state index contributed by atoms with van der Waals surface area (Å²) in [6.45, 7) is 7.46. The monoisotopic (exact) mass is 440 g/mol. The molecule has 0 unspecified atom stereocenters. The highest BCUT2D eigenvalue weighted by Gasteiger charge is 2.54. The molecule has 1 N–H and O–H groups in total. The minimum atomic E-state index is -0.682. The average molecular weight is 441 g/mol. The quantitative estimate of drug-likeness (QED) is 0.687. The number of likely N-dealkylation sites (tertiary alicyclic amines) is 2. The Morgan fingerprint density at radius 1 is 0.969 bits per heavy atom. The molecule has 1 aromatic rings. The van der Waals surface area contributed by atoms with Gasteiger partial charge < -0.3 is 19.9 Å². The van der Waals surface area contributed by atoms with Crippen molar-refractivity contribution in [3.63, 3.8) is 0 Å². The first-order valence-corrected chi connectivity index (χ1v) is 12.4. The number of rotatable bonds is 6. The molecule has 4 heterocycles. The molecule has 7 heteroatoms. The summed E-state index contributed by atoms with van der Waals surface area (Å²) >= 11 is 0. The van der Waals surface area contributed by atoms with Gasteiger partial charge in [0.05, 0.1) is 6.61 Å². The summed E-state index contributed by atoms with van der Waals surface area (Å²) in [7, 11) is 0. The number of nitrogens with zero attached hydrogens (tertiary/aromatic N) is 3. The molecular formula is C25H36N4O3. The summed E-state index contributed by atoms with van der Waals surface area (Å²) in [5.74, 6) is 0.659. The van der Waals surface area contributed by atoms with Crippen LogP contribution in [0.1, 0.15) is 37.7 Å². The third kappa shape index (κ3) is 4.56. The average Bonchev–Trinajstić information content (AvgIpc) is 3.41. The number of amides is 3. The fourth-order valence-corrected chi connectivity index (χ4v) is 5.85.